The lowest BCUT2D eigenvalue weighted by atomic mass is 10.1. The minimum Gasteiger partial charge on any atom is -0.374 e. The zero-order chi connectivity index (χ0) is 20.8. The van der Waals surface area contributed by atoms with E-state index >= 15 is 0 Å². The Kier molecular flexibility index (Phi) is 6.75. The number of para-hydroxylation sites is 1. The second-order valence-corrected chi connectivity index (χ2v) is 7.68. The van der Waals surface area contributed by atoms with Crippen LogP contribution < -0.4 is 10.2 Å². The van der Waals surface area contributed by atoms with E-state index in [9.17, 15) is 9.59 Å². The van der Waals surface area contributed by atoms with E-state index in [1.807, 2.05) is 54.3 Å². The molecule has 0 radical (unpaired) electrons. The lowest BCUT2D eigenvalue weighted by Gasteiger charge is -2.37. The van der Waals surface area contributed by atoms with E-state index in [4.69, 9.17) is 0 Å². The van der Waals surface area contributed by atoms with Gasteiger partial charge in [0.15, 0.2) is 0 Å². The molecule has 1 unspecified atom stereocenters. The van der Waals surface area contributed by atoms with E-state index < -0.39 is 0 Å². The number of nitrogens with one attached hydrogen (secondary N) is 1. The van der Waals surface area contributed by atoms with Crippen molar-refractivity contribution in [2.75, 3.05) is 50.5 Å². The van der Waals surface area contributed by atoms with Crippen molar-refractivity contribution in [1.82, 2.24) is 9.80 Å². The Bertz CT molecular complexity index is 813. The van der Waals surface area contributed by atoms with E-state index in [0.29, 0.717) is 6.42 Å². The van der Waals surface area contributed by atoms with Crippen molar-refractivity contribution in [3.63, 3.8) is 0 Å². The molecular weight excluding hydrogens is 364 g/mol. The number of piperazine rings is 1. The molecular formula is C23H30N4O2. The van der Waals surface area contributed by atoms with Crippen molar-refractivity contribution in [2.24, 2.45) is 0 Å². The van der Waals surface area contributed by atoms with Gasteiger partial charge in [0, 0.05) is 51.6 Å². The first kappa shape index (κ1) is 20.7. The summed E-state index contributed by atoms with van der Waals surface area (Å²) in [6.07, 6.45) is 0.382. The van der Waals surface area contributed by atoms with Crippen LogP contribution in [0.4, 0.5) is 11.4 Å². The Morgan fingerprint density at radius 2 is 1.59 bits per heavy atom. The summed E-state index contributed by atoms with van der Waals surface area (Å²) in [4.78, 5) is 30.5. The van der Waals surface area contributed by atoms with Gasteiger partial charge in [-0.05, 0) is 36.8 Å². The molecule has 0 bridgehead atoms. The van der Waals surface area contributed by atoms with Crippen molar-refractivity contribution in [3.05, 3.63) is 60.2 Å². The fraction of sp³-hybridized carbons (Fsp3) is 0.391. The van der Waals surface area contributed by atoms with Crippen LogP contribution in [0.15, 0.2) is 54.6 Å². The zero-order valence-corrected chi connectivity index (χ0v) is 17.5. The fourth-order valence-corrected chi connectivity index (χ4v) is 3.46. The summed E-state index contributed by atoms with van der Waals surface area (Å²) in [5.41, 5.74) is 3.05. The van der Waals surface area contributed by atoms with Crippen LogP contribution in [-0.4, -0.2) is 67.9 Å². The molecule has 1 atom stereocenters. The summed E-state index contributed by atoms with van der Waals surface area (Å²) in [7, 11) is 3.51. The van der Waals surface area contributed by atoms with Crippen molar-refractivity contribution < 1.29 is 9.59 Å². The maximum atomic E-state index is 12.8. The molecule has 0 saturated carbocycles. The smallest absolute Gasteiger partial charge is 0.244 e. The molecule has 1 N–H and O–H groups in total. The Balaban J connectivity index is 1.50. The number of rotatable bonds is 6. The molecule has 0 aromatic heterocycles. The van der Waals surface area contributed by atoms with E-state index in [0.717, 1.165) is 37.4 Å². The minimum atomic E-state index is -0.299. The van der Waals surface area contributed by atoms with Gasteiger partial charge >= 0.3 is 0 Å². The second-order valence-electron chi connectivity index (χ2n) is 7.68. The van der Waals surface area contributed by atoms with Gasteiger partial charge in [-0.15, -0.1) is 0 Å². The SMILES string of the molecule is CC(Nc1ccc(CC(=O)N(C)C)cc1)C(=O)N1CCN(c2ccccc2)CC1. The number of carbonyl (C=O) groups excluding carboxylic acids is 2. The number of nitrogens with zero attached hydrogens (tertiary/aromatic N) is 3. The van der Waals surface area contributed by atoms with Crippen molar-refractivity contribution in [3.8, 4) is 0 Å². The van der Waals surface area contributed by atoms with Crippen LogP contribution in [0.2, 0.25) is 0 Å². The molecule has 3 rings (SSSR count). The van der Waals surface area contributed by atoms with Gasteiger partial charge in [-0.25, -0.2) is 0 Å². The third-order valence-corrected chi connectivity index (χ3v) is 5.27. The van der Waals surface area contributed by atoms with Crippen LogP contribution in [-0.2, 0) is 16.0 Å². The third kappa shape index (κ3) is 5.50. The molecule has 1 aliphatic heterocycles. The number of hydrogen-bond acceptors (Lipinski definition) is 4. The van der Waals surface area contributed by atoms with Crippen LogP contribution in [0, 0.1) is 0 Å². The highest BCUT2D eigenvalue weighted by Gasteiger charge is 2.25. The van der Waals surface area contributed by atoms with E-state index in [1.165, 1.54) is 5.69 Å². The summed E-state index contributed by atoms with van der Waals surface area (Å²) >= 11 is 0. The molecule has 154 valence electrons. The molecule has 2 aromatic carbocycles. The molecule has 0 aliphatic carbocycles. The fourth-order valence-electron chi connectivity index (χ4n) is 3.46. The summed E-state index contributed by atoms with van der Waals surface area (Å²) in [6, 6.07) is 17.7. The highest BCUT2D eigenvalue weighted by molar-refractivity contribution is 5.84. The van der Waals surface area contributed by atoms with Crippen LogP contribution in [0.25, 0.3) is 0 Å². The zero-order valence-electron chi connectivity index (χ0n) is 17.5. The Morgan fingerprint density at radius 1 is 0.966 bits per heavy atom. The molecule has 2 aromatic rings. The molecule has 1 saturated heterocycles. The van der Waals surface area contributed by atoms with E-state index in [2.05, 4.69) is 22.3 Å². The van der Waals surface area contributed by atoms with Gasteiger partial charge in [0.05, 0.1) is 6.42 Å². The Hall–Kier alpha value is -3.02. The number of carbonyl (C=O) groups is 2. The van der Waals surface area contributed by atoms with Crippen LogP contribution >= 0.6 is 0 Å². The number of likely N-dealkylation sites (N-methyl/N-ethyl adjacent to an activating group) is 1. The maximum Gasteiger partial charge on any atom is 0.244 e. The normalized spacial score (nSPS) is 15.0. The Labute approximate surface area is 173 Å². The number of benzene rings is 2. The molecule has 1 fully saturated rings. The van der Waals surface area contributed by atoms with Crippen molar-refractivity contribution in [1.29, 1.82) is 0 Å². The van der Waals surface area contributed by atoms with Crippen molar-refractivity contribution in [2.45, 2.75) is 19.4 Å². The predicted molar refractivity (Wildman–Crippen MR) is 117 cm³/mol. The minimum absolute atomic E-state index is 0.0731. The van der Waals surface area contributed by atoms with Gasteiger partial charge in [0.2, 0.25) is 11.8 Å². The van der Waals surface area contributed by atoms with E-state index in [-0.39, 0.29) is 17.9 Å². The number of anilines is 2. The van der Waals surface area contributed by atoms with Crippen molar-refractivity contribution >= 4 is 23.2 Å². The first-order valence-electron chi connectivity index (χ1n) is 10.1. The molecule has 1 heterocycles. The molecule has 6 nitrogen and oxygen atoms in total. The first-order chi connectivity index (χ1) is 13.9. The van der Waals surface area contributed by atoms with Gasteiger partial charge in [0.25, 0.3) is 0 Å². The van der Waals surface area contributed by atoms with Crippen LogP contribution in [0.5, 0.6) is 0 Å². The lowest BCUT2D eigenvalue weighted by Crippen LogP contribution is -2.52. The molecule has 2 amide bonds. The number of amides is 2. The highest BCUT2D eigenvalue weighted by Crippen LogP contribution is 2.17. The van der Waals surface area contributed by atoms with Gasteiger partial charge in [-0.2, -0.15) is 0 Å². The largest absolute Gasteiger partial charge is 0.374 e. The second kappa shape index (κ2) is 9.45. The average molecular weight is 395 g/mol. The van der Waals surface area contributed by atoms with Gasteiger partial charge < -0.3 is 20.0 Å². The van der Waals surface area contributed by atoms with Gasteiger partial charge in [-0.1, -0.05) is 30.3 Å². The summed E-state index contributed by atoms with van der Waals surface area (Å²) in [5, 5.41) is 3.28. The topological polar surface area (TPSA) is 55.9 Å². The summed E-state index contributed by atoms with van der Waals surface area (Å²) in [5.74, 6) is 0.188. The monoisotopic (exact) mass is 394 g/mol. The summed E-state index contributed by atoms with van der Waals surface area (Å²) < 4.78 is 0. The van der Waals surface area contributed by atoms with E-state index in [1.54, 1.807) is 19.0 Å². The lowest BCUT2D eigenvalue weighted by molar-refractivity contribution is -0.132. The molecule has 29 heavy (non-hydrogen) atoms. The molecule has 6 heteroatoms. The number of hydrogen-bond donors (Lipinski definition) is 1. The highest BCUT2D eigenvalue weighted by atomic mass is 16.2. The van der Waals surface area contributed by atoms with Gasteiger partial charge in [-0.3, -0.25) is 9.59 Å². The van der Waals surface area contributed by atoms with Crippen LogP contribution in [0.1, 0.15) is 12.5 Å². The van der Waals surface area contributed by atoms with Crippen LogP contribution in [0.3, 0.4) is 0 Å². The maximum absolute atomic E-state index is 12.8. The average Bonchev–Trinajstić information content (AvgIpc) is 2.75. The quantitative estimate of drug-likeness (QED) is 0.818. The first-order valence-corrected chi connectivity index (χ1v) is 10.1. The van der Waals surface area contributed by atoms with Gasteiger partial charge in [0.1, 0.15) is 6.04 Å². The standard InChI is InChI=1S/C23H30N4O2/c1-18(24-20-11-9-19(10-12-20)17-22(28)25(2)3)23(29)27-15-13-26(14-16-27)21-7-5-4-6-8-21/h4-12,18,24H,13-17H2,1-3H3. The predicted octanol–water partition coefficient (Wildman–Crippen LogP) is 2.47. The molecule has 0 spiro atoms. The molecule has 1 aliphatic rings. The Morgan fingerprint density at radius 3 is 2.17 bits per heavy atom. The summed E-state index contributed by atoms with van der Waals surface area (Å²) in [6.45, 7) is 5.04. The third-order valence-electron chi connectivity index (χ3n) is 5.27.